The van der Waals surface area contributed by atoms with E-state index in [1.54, 1.807) is 19.1 Å². The van der Waals surface area contributed by atoms with E-state index >= 15 is 0 Å². The lowest BCUT2D eigenvalue weighted by Crippen LogP contribution is -2.14. The fraction of sp³-hybridized carbons (Fsp3) is 0.200. The van der Waals surface area contributed by atoms with Gasteiger partial charge in [0, 0.05) is 17.1 Å². The first kappa shape index (κ1) is 19.5. The summed E-state index contributed by atoms with van der Waals surface area (Å²) in [5.41, 5.74) is 3.04. The van der Waals surface area contributed by atoms with Crippen LogP contribution in [0.3, 0.4) is 0 Å². The van der Waals surface area contributed by atoms with Crippen LogP contribution in [0.15, 0.2) is 47.8 Å². The van der Waals surface area contributed by atoms with E-state index in [-0.39, 0.29) is 24.6 Å². The van der Waals surface area contributed by atoms with Gasteiger partial charge >= 0.3 is 0 Å². The Hall–Kier alpha value is -3.26. The average molecular weight is 397 g/mol. The van der Waals surface area contributed by atoms with Gasteiger partial charge in [-0.3, -0.25) is 14.9 Å². The van der Waals surface area contributed by atoms with Gasteiger partial charge in [0.15, 0.2) is 0 Å². The van der Waals surface area contributed by atoms with E-state index in [0.29, 0.717) is 22.0 Å². The van der Waals surface area contributed by atoms with Gasteiger partial charge in [-0.25, -0.2) is 4.98 Å². The van der Waals surface area contributed by atoms with Crippen molar-refractivity contribution in [1.29, 1.82) is 0 Å². The fourth-order valence-corrected chi connectivity index (χ4v) is 3.36. The Kier molecular flexibility index (Phi) is 6.00. The summed E-state index contributed by atoms with van der Waals surface area (Å²) in [6.45, 7) is 3.81. The second kappa shape index (κ2) is 8.62. The molecule has 1 aromatic heterocycles. The highest BCUT2D eigenvalue weighted by Gasteiger charge is 2.15. The maximum Gasteiger partial charge on any atom is 0.276 e. The number of aromatic nitrogens is 1. The molecule has 0 radical (unpaired) electrons. The van der Waals surface area contributed by atoms with E-state index in [1.807, 2.05) is 36.6 Å². The zero-order chi connectivity index (χ0) is 20.1. The van der Waals surface area contributed by atoms with Gasteiger partial charge in [-0.05, 0) is 32.0 Å². The number of nitrogens with zero attached hydrogens (tertiary/aromatic N) is 2. The van der Waals surface area contributed by atoms with E-state index in [4.69, 9.17) is 4.74 Å². The van der Waals surface area contributed by atoms with E-state index in [2.05, 4.69) is 10.3 Å². The molecule has 0 atom stereocenters. The van der Waals surface area contributed by atoms with Crippen LogP contribution in [-0.2, 0) is 17.8 Å². The minimum Gasteiger partial charge on any atom is -0.487 e. The first-order valence-electron chi connectivity index (χ1n) is 8.59. The van der Waals surface area contributed by atoms with Crippen LogP contribution in [-0.4, -0.2) is 15.8 Å². The lowest BCUT2D eigenvalue weighted by atomic mass is 10.2. The fourth-order valence-electron chi connectivity index (χ4n) is 2.58. The Morgan fingerprint density at radius 3 is 2.68 bits per heavy atom. The quantitative estimate of drug-likeness (QED) is 0.470. The Bertz CT molecular complexity index is 999. The third-order valence-electron chi connectivity index (χ3n) is 4.07. The molecule has 28 heavy (non-hydrogen) atoms. The monoisotopic (exact) mass is 397 g/mol. The number of benzene rings is 2. The number of anilines is 1. The molecule has 1 N–H and O–H groups in total. The number of ether oxygens (including phenoxy) is 1. The largest absolute Gasteiger partial charge is 0.487 e. The van der Waals surface area contributed by atoms with Crippen molar-refractivity contribution < 1.29 is 14.5 Å². The van der Waals surface area contributed by atoms with Crippen molar-refractivity contribution in [1.82, 2.24) is 4.98 Å². The molecule has 3 rings (SSSR count). The Morgan fingerprint density at radius 1 is 1.21 bits per heavy atom. The molecule has 0 spiro atoms. The zero-order valence-electron chi connectivity index (χ0n) is 15.5. The molecular formula is C20H19N3O4S. The van der Waals surface area contributed by atoms with E-state index in [1.165, 1.54) is 17.4 Å². The van der Waals surface area contributed by atoms with Crippen molar-refractivity contribution >= 4 is 28.6 Å². The Labute approximate surface area is 166 Å². The van der Waals surface area contributed by atoms with E-state index < -0.39 is 4.92 Å². The highest BCUT2D eigenvalue weighted by Crippen LogP contribution is 2.27. The summed E-state index contributed by atoms with van der Waals surface area (Å²) in [6.07, 6.45) is 0.175. The number of nitrogens with one attached hydrogen (secondary N) is 1. The number of hydrogen-bond acceptors (Lipinski definition) is 6. The molecule has 0 aliphatic rings. The summed E-state index contributed by atoms with van der Waals surface area (Å²) in [5, 5.41) is 16.3. The van der Waals surface area contributed by atoms with Gasteiger partial charge in [-0.1, -0.05) is 23.8 Å². The maximum atomic E-state index is 12.2. The second-order valence-electron chi connectivity index (χ2n) is 6.27. The maximum absolute atomic E-state index is 12.2. The van der Waals surface area contributed by atoms with Crippen LogP contribution in [0.25, 0.3) is 0 Å². The zero-order valence-corrected chi connectivity index (χ0v) is 16.3. The van der Waals surface area contributed by atoms with Crippen molar-refractivity contribution in [3.8, 4) is 5.75 Å². The molecule has 0 aliphatic carbocycles. The van der Waals surface area contributed by atoms with Gasteiger partial charge in [-0.2, -0.15) is 0 Å². The SMILES string of the molecule is Cc1ccc(NC(=O)Cc2nc(COc3cccc([N+](=O)[O-])c3C)cs2)cc1. The first-order chi connectivity index (χ1) is 13.4. The van der Waals surface area contributed by atoms with Crippen LogP contribution in [0.5, 0.6) is 5.75 Å². The number of carbonyl (C=O) groups is 1. The molecule has 2 aromatic carbocycles. The van der Waals surface area contributed by atoms with Crippen LogP contribution in [0.2, 0.25) is 0 Å². The summed E-state index contributed by atoms with van der Waals surface area (Å²) in [4.78, 5) is 27.1. The Morgan fingerprint density at radius 2 is 1.96 bits per heavy atom. The predicted molar refractivity (Wildman–Crippen MR) is 108 cm³/mol. The Balaban J connectivity index is 1.57. The third-order valence-corrected chi connectivity index (χ3v) is 4.97. The van der Waals surface area contributed by atoms with Crippen molar-refractivity contribution in [2.75, 3.05) is 5.32 Å². The lowest BCUT2D eigenvalue weighted by Gasteiger charge is -2.07. The van der Waals surface area contributed by atoms with Crippen LogP contribution >= 0.6 is 11.3 Å². The molecular weight excluding hydrogens is 378 g/mol. The van der Waals surface area contributed by atoms with Crippen LogP contribution in [0.1, 0.15) is 21.8 Å². The molecule has 8 heteroatoms. The van der Waals surface area contributed by atoms with Gasteiger partial charge in [0.05, 0.1) is 22.6 Å². The highest BCUT2D eigenvalue weighted by atomic mass is 32.1. The molecule has 3 aromatic rings. The number of nitro groups is 1. The summed E-state index contributed by atoms with van der Waals surface area (Å²) in [7, 11) is 0. The molecule has 0 unspecified atom stereocenters. The smallest absolute Gasteiger partial charge is 0.276 e. The minimum absolute atomic E-state index is 0.0178. The lowest BCUT2D eigenvalue weighted by molar-refractivity contribution is -0.385. The van der Waals surface area contributed by atoms with Gasteiger partial charge in [0.1, 0.15) is 17.4 Å². The molecule has 0 fully saturated rings. The summed E-state index contributed by atoms with van der Waals surface area (Å²) in [5.74, 6) is 0.307. The van der Waals surface area contributed by atoms with E-state index in [9.17, 15) is 14.9 Å². The summed E-state index contributed by atoms with van der Waals surface area (Å²) in [6, 6.07) is 12.3. The number of hydrogen-bond donors (Lipinski definition) is 1. The number of aryl methyl sites for hydroxylation is 1. The number of rotatable bonds is 7. The molecule has 1 amide bonds. The summed E-state index contributed by atoms with van der Waals surface area (Å²) >= 11 is 1.38. The minimum atomic E-state index is -0.435. The number of carbonyl (C=O) groups excluding carboxylic acids is 1. The molecule has 144 valence electrons. The van der Waals surface area contributed by atoms with Gasteiger partial charge in [-0.15, -0.1) is 11.3 Å². The molecule has 1 heterocycles. The first-order valence-corrected chi connectivity index (χ1v) is 9.47. The third kappa shape index (κ3) is 4.92. The van der Waals surface area contributed by atoms with Crippen molar-refractivity contribution in [3.63, 3.8) is 0 Å². The molecule has 0 saturated heterocycles. The molecule has 0 aliphatic heterocycles. The molecule has 0 saturated carbocycles. The number of thiazole rings is 1. The second-order valence-corrected chi connectivity index (χ2v) is 7.21. The van der Waals surface area contributed by atoms with Crippen LogP contribution in [0.4, 0.5) is 11.4 Å². The average Bonchev–Trinajstić information content (AvgIpc) is 3.09. The van der Waals surface area contributed by atoms with Gasteiger partial charge < -0.3 is 10.1 Å². The molecule has 7 nitrogen and oxygen atoms in total. The van der Waals surface area contributed by atoms with Crippen LogP contribution in [0, 0.1) is 24.0 Å². The van der Waals surface area contributed by atoms with Gasteiger partial charge in [0.2, 0.25) is 5.91 Å². The van der Waals surface area contributed by atoms with Crippen molar-refractivity contribution in [2.24, 2.45) is 0 Å². The van der Waals surface area contributed by atoms with Crippen molar-refractivity contribution in [2.45, 2.75) is 26.9 Å². The topological polar surface area (TPSA) is 94.4 Å². The molecule has 0 bridgehead atoms. The highest BCUT2D eigenvalue weighted by molar-refractivity contribution is 7.09. The van der Waals surface area contributed by atoms with Crippen LogP contribution < -0.4 is 10.1 Å². The predicted octanol–water partition coefficient (Wildman–Crippen LogP) is 4.43. The van der Waals surface area contributed by atoms with Crippen molar-refractivity contribution in [3.05, 3.63) is 79.8 Å². The van der Waals surface area contributed by atoms with Gasteiger partial charge in [0.25, 0.3) is 5.69 Å². The normalized spacial score (nSPS) is 10.5. The summed E-state index contributed by atoms with van der Waals surface area (Å²) < 4.78 is 5.68. The number of nitro benzene ring substituents is 1. The number of amides is 1. The standard InChI is InChI=1S/C20H19N3O4S/c1-13-6-8-15(9-7-13)21-19(24)10-20-22-16(12-28-20)11-27-18-5-3-4-17(14(18)2)23(25)26/h3-9,12H,10-11H2,1-2H3,(H,21,24). The van der Waals surface area contributed by atoms with E-state index in [0.717, 1.165) is 11.3 Å².